The van der Waals surface area contributed by atoms with Gasteiger partial charge in [0.2, 0.25) is 0 Å². The second-order valence-corrected chi connectivity index (χ2v) is 9.62. The number of amidine groups is 1. The van der Waals surface area contributed by atoms with Crippen molar-refractivity contribution < 1.29 is 19.4 Å². The molecule has 0 bridgehead atoms. The number of carboxylic acid groups (broad SMARTS) is 1. The number of anilines is 1. The highest BCUT2D eigenvalue weighted by molar-refractivity contribution is 6.00. The third-order valence-electron chi connectivity index (χ3n) is 6.53. The van der Waals surface area contributed by atoms with Gasteiger partial charge in [-0.25, -0.2) is 4.79 Å². The fourth-order valence-electron chi connectivity index (χ4n) is 4.57. The maximum atomic E-state index is 12.9. The summed E-state index contributed by atoms with van der Waals surface area (Å²) in [6.45, 7) is 5.91. The van der Waals surface area contributed by atoms with Crippen molar-refractivity contribution in [3.63, 3.8) is 0 Å². The van der Waals surface area contributed by atoms with Crippen LogP contribution in [0.2, 0.25) is 0 Å². The van der Waals surface area contributed by atoms with Crippen LogP contribution >= 0.6 is 0 Å². The zero-order valence-corrected chi connectivity index (χ0v) is 21.3. The first-order chi connectivity index (χ1) is 17.7. The predicted molar refractivity (Wildman–Crippen MR) is 145 cm³/mol. The van der Waals surface area contributed by atoms with Crippen LogP contribution in [0, 0.1) is 11.3 Å². The van der Waals surface area contributed by atoms with E-state index in [2.05, 4.69) is 10.2 Å². The normalized spacial score (nSPS) is 12.4. The molecule has 8 heteroatoms. The molecule has 5 N–H and O–H groups in total. The second kappa shape index (κ2) is 10.7. The van der Waals surface area contributed by atoms with Crippen LogP contribution in [0.3, 0.4) is 0 Å². The molecule has 1 aliphatic heterocycles. The van der Waals surface area contributed by atoms with Gasteiger partial charge < -0.3 is 25.8 Å². The summed E-state index contributed by atoms with van der Waals surface area (Å²) in [5, 5.41) is 20.6. The zero-order chi connectivity index (χ0) is 26.7. The number of hydrogen-bond donors (Lipinski definition) is 4. The van der Waals surface area contributed by atoms with Gasteiger partial charge in [-0.1, -0.05) is 19.9 Å². The fraction of sp³-hybridized carbons (Fsp3) is 0.276. The number of nitrogens with two attached hydrogens (primary N) is 1. The number of methoxy groups -OCH3 is 1. The van der Waals surface area contributed by atoms with E-state index in [0.717, 1.165) is 29.8 Å². The fourth-order valence-corrected chi connectivity index (χ4v) is 4.57. The summed E-state index contributed by atoms with van der Waals surface area (Å²) >= 11 is 0. The van der Waals surface area contributed by atoms with Crippen LogP contribution in [0.1, 0.15) is 51.3 Å². The Hall–Kier alpha value is -4.33. The molecule has 0 radical (unpaired) electrons. The summed E-state index contributed by atoms with van der Waals surface area (Å²) in [4.78, 5) is 27.3. The number of carboxylic acids is 1. The molecular formula is C29H32N4O4. The van der Waals surface area contributed by atoms with Crippen molar-refractivity contribution in [1.82, 2.24) is 5.32 Å². The lowest BCUT2D eigenvalue weighted by molar-refractivity contribution is 0.0697. The Labute approximate surface area is 216 Å². The van der Waals surface area contributed by atoms with Crippen molar-refractivity contribution in [2.45, 2.75) is 26.8 Å². The molecule has 0 fully saturated rings. The molecule has 192 valence electrons. The Kier molecular flexibility index (Phi) is 7.47. The lowest BCUT2D eigenvalue weighted by atomic mass is 9.92. The highest BCUT2D eigenvalue weighted by Gasteiger charge is 2.23. The molecule has 0 saturated heterocycles. The molecular weight excluding hydrogens is 468 g/mol. The highest BCUT2D eigenvalue weighted by atomic mass is 16.5. The summed E-state index contributed by atoms with van der Waals surface area (Å²) in [7, 11) is 1.49. The van der Waals surface area contributed by atoms with E-state index in [1.807, 2.05) is 38.1 Å². The van der Waals surface area contributed by atoms with Crippen LogP contribution in [-0.2, 0) is 13.0 Å². The highest BCUT2D eigenvalue weighted by Crippen LogP contribution is 2.35. The Morgan fingerprint density at radius 2 is 1.84 bits per heavy atom. The van der Waals surface area contributed by atoms with Gasteiger partial charge in [0.15, 0.2) is 0 Å². The van der Waals surface area contributed by atoms with Gasteiger partial charge in [0.05, 0.1) is 12.7 Å². The van der Waals surface area contributed by atoms with E-state index >= 15 is 0 Å². The number of fused-ring (bicyclic) bond motifs is 1. The summed E-state index contributed by atoms with van der Waals surface area (Å²) in [5.41, 5.74) is 11.2. The molecule has 0 unspecified atom stereocenters. The van der Waals surface area contributed by atoms with Gasteiger partial charge in [0, 0.05) is 36.4 Å². The van der Waals surface area contributed by atoms with E-state index in [1.54, 1.807) is 24.3 Å². The molecule has 0 saturated carbocycles. The molecule has 0 atom stereocenters. The largest absolute Gasteiger partial charge is 0.497 e. The standard InChI is InChI=1S/C29H32N4O4/c1-17(2)15-32-28(34)20-4-5-21(16-33-11-10-18-12-19(27(30)31)6-9-26(18)33)24(13-20)23-8-7-22(37-3)14-25(23)29(35)36/h4-9,12-14,17H,10-11,15-16H2,1-3H3,(H3,30,31)(H,32,34)(H,35,36). The van der Waals surface area contributed by atoms with Gasteiger partial charge in [-0.2, -0.15) is 0 Å². The lowest BCUT2D eigenvalue weighted by Crippen LogP contribution is -2.27. The van der Waals surface area contributed by atoms with Gasteiger partial charge in [-0.3, -0.25) is 10.2 Å². The number of amides is 1. The van der Waals surface area contributed by atoms with E-state index in [-0.39, 0.29) is 17.3 Å². The van der Waals surface area contributed by atoms with Gasteiger partial charge in [0.25, 0.3) is 5.91 Å². The molecule has 37 heavy (non-hydrogen) atoms. The van der Waals surface area contributed by atoms with Crippen LogP contribution in [-0.4, -0.2) is 43.0 Å². The number of carbonyl (C=O) groups excluding carboxylic acids is 1. The van der Waals surface area contributed by atoms with Crippen LogP contribution in [0.5, 0.6) is 5.75 Å². The van der Waals surface area contributed by atoms with Crippen molar-refractivity contribution >= 4 is 23.4 Å². The minimum atomic E-state index is -1.07. The molecule has 0 spiro atoms. The molecule has 1 aliphatic rings. The Balaban J connectivity index is 1.76. The number of nitrogens with zero attached hydrogens (tertiary/aromatic N) is 1. The van der Waals surface area contributed by atoms with E-state index in [0.29, 0.717) is 47.0 Å². The number of rotatable bonds is 9. The maximum Gasteiger partial charge on any atom is 0.336 e. The molecule has 8 nitrogen and oxygen atoms in total. The topological polar surface area (TPSA) is 129 Å². The molecule has 3 aromatic rings. The van der Waals surface area contributed by atoms with Crippen molar-refractivity contribution in [2.75, 3.05) is 25.1 Å². The van der Waals surface area contributed by atoms with Gasteiger partial charge >= 0.3 is 5.97 Å². The molecule has 0 aromatic heterocycles. The second-order valence-electron chi connectivity index (χ2n) is 9.62. The van der Waals surface area contributed by atoms with Crippen LogP contribution in [0.25, 0.3) is 11.1 Å². The molecule has 1 amide bonds. The smallest absolute Gasteiger partial charge is 0.336 e. The zero-order valence-electron chi connectivity index (χ0n) is 21.3. The van der Waals surface area contributed by atoms with Gasteiger partial charge in [-0.05, 0) is 83.1 Å². The number of nitrogens with one attached hydrogen (secondary N) is 2. The average Bonchev–Trinajstić information content (AvgIpc) is 3.28. The SMILES string of the molecule is COc1ccc(-c2cc(C(=O)NCC(C)C)ccc2CN2CCc3cc(C(=N)N)ccc32)c(C(=O)O)c1. The molecule has 1 heterocycles. The van der Waals surface area contributed by atoms with Crippen LogP contribution in [0.4, 0.5) is 5.69 Å². The Bertz CT molecular complexity index is 1370. The maximum absolute atomic E-state index is 12.9. The minimum Gasteiger partial charge on any atom is -0.497 e. The molecule has 4 rings (SSSR count). The Morgan fingerprint density at radius 1 is 1.08 bits per heavy atom. The molecule has 3 aromatic carbocycles. The van der Waals surface area contributed by atoms with Crippen molar-refractivity contribution in [3.05, 3.63) is 82.4 Å². The number of benzene rings is 3. The summed E-state index contributed by atoms with van der Waals surface area (Å²) in [6, 6.07) is 16.2. The minimum absolute atomic E-state index is 0.0376. The first kappa shape index (κ1) is 25.8. The monoisotopic (exact) mass is 500 g/mol. The van der Waals surface area contributed by atoms with Crippen LogP contribution < -0.4 is 20.7 Å². The van der Waals surface area contributed by atoms with E-state index in [9.17, 15) is 14.7 Å². The predicted octanol–water partition coefficient (Wildman–Crippen LogP) is 4.29. The summed E-state index contributed by atoms with van der Waals surface area (Å²) in [5.74, 6) is -0.478. The summed E-state index contributed by atoms with van der Waals surface area (Å²) in [6.07, 6.45) is 0.824. The number of carbonyl (C=O) groups is 2. The third kappa shape index (κ3) is 5.58. The molecule has 0 aliphatic carbocycles. The number of nitrogen functional groups attached to an aromatic ring is 1. The van der Waals surface area contributed by atoms with Crippen LogP contribution in [0.15, 0.2) is 54.6 Å². The summed E-state index contributed by atoms with van der Waals surface area (Å²) < 4.78 is 5.26. The van der Waals surface area contributed by atoms with Gasteiger partial charge in [-0.15, -0.1) is 0 Å². The number of hydrogen-bond acceptors (Lipinski definition) is 5. The third-order valence-corrected chi connectivity index (χ3v) is 6.53. The van der Waals surface area contributed by atoms with Crippen molar-refractivity contribution in [1.29, 1.82) is 5.41 Å². The van der Waals surface area contributed by atoms with Gasteiger partial charge in [0.1, 0.15) is 11.6 Å². The van der Waals surface area contributed by atoms with Crippen molar-refractivity contribution in [3.8, 4) is 16.9 Å². The first-order valence-corrected chi connectivity index (χ1v) is 12.2. The Morgan fingerprint density at radius 3 is 2.51 bits per heavy atom. The quantitative estimate of drug-likeness (QED) is 0.256. The number of aromatic carboxylic acids is 1. The average molecular weight is 501 g/mol. The number of ether oxygens (including phenoxy) is 1. The van der Waals surface area contributed by atoms with E-state index in [4.69, 9.17) is 15.9 Å². The van der Waals surface area contributed by atoms with E-state index in [1.165, 1.54) is 13.2 Å². The van der Waals surface area contributed by atoms with E-state index < -0.39 is 5.97 Å². The first-order valence-electron chi connectivity index (χ1n) is 12.2. The lowest BCUT2D eigenvalue weighted by Gasteiger charge is -2.23. The van der Waals surface area contributed by atoms with Crippen molar-refractivity contribution in [2.24, 2.45) is 11.7 Å².